The molecule has 2 aliphatic heterocycles. The molecule has 2 N–H and O–H groups in total. The van der Waals surface area contributed by atoms with Gasteiger partial charge in [-0.1, -0.05) is 0 Å². The fraction of sp³-hybridized carbons (Fsp3) is 0.600. The van der Waals surface area contributed by atoms with Gasteiger partial charge in [0.25, 0.3) is 5.91 Å². The van der Waals surface area contributed by atoms with Crippen LogP contribution in [0.15, 0.2) is 18.3 Å². The number of aromatic nitrogens is 1. The van der Waals surface area contributed by atoms with Gasteiger partial charge >= 0.3 is 0 Å². The first-order chi connectivity index (χ1) is 9.61. The van der Waals surface area contributed by atoms with Crippen molar-refractivity contribution in [1.82, 2.24) is 15.6 Å². The van der Waals surface area contributed by atoms with E-state index in [4.69, 9.17) is 0 Å². The Morgan fingerprint density at radius 2 is 1.86 bits per heavy atom. The Balaban J connectivity index is 0.00000121. The van der Waals surface area contributed by atoms with E-state index in [1.807, 2.05) is 31.1 Å². The highest BCUT2D eigenvalue weighted by atomic mass is 35.5. The van der Waals surface area contributed by atoms with Crippen LogP contribution in [0, 0.1) is 0 Å². The second-order valence-electron chi connectivity index (χ2n) is 6.08. The van der Waals surface area contributed by atoms with Crippen LogP contribution in [0.2, 0.25) is 0 Å². The van der Waals surface area contributed by atoms with Gasteiger partial charge in [-0.2, -0.15) is 0 Å². The van der Waals surface area contributed by atoms with Gasteiger partial charge in [0.2, 0.25) is 0 Å². The number of nitrogens with zero attached hydrogens (tertiary/aromatic N) is 2. The molecule has 0 aliphatic carbocycles. The topological polar surface area (TPSA) is 57.3 Å². The molecule has 1 aromatic rings. The normalized spacial score (nSPS) is 25.6. The molecule has 22 heavy (non-hydrogen) atoms. The summed E-state index contributed by atoms with van der Waals surface area (Å²) in [7, 11) is 3.87. The Hall–Kier alpha value is -1.04. The average molecular weight is 347 g/mol. The lowest BCUT2D eigenvalue weighted by atomic mass is 9.99. The Kier molecular flexibility index (Phi) is 6.91. The Bertz CT molecular complexity index is 483. The number of carbonyl (C=O) groups excluding carboxylic acids is 1. The van der Waals surface area contributed by atoms with Crippen LogP contribution in [0.5, 0.6) is 0 Å². The third kappa shape index (κ3) is 4.24. The van der Waals surface area contributed by atoms with Crippen molar-refractivity contribution in [2.24, 2.45) is 0 Å². The number of anilines is 1. The molecule has 1 aromatic heterocycles. The maximum Gasteiger partial charge on any atom is 0.253 e. The minimum absolute atomic E-state index is 0. The van der Waals surface area contributed by atoms with Gasteiger partial charge in [0.15, 0.2) is 0 Å². The Morgan fingerprint density at radius 1 is 1.23 bits per heavy atom. The van der Waals surface area contributed by atoms with Crippen molar-refractivity contribution in [1.29, 1.82) is 0 Å². The fourth-order valence-electron chi connectivity index (χ4n) is 3.23. The number of pyridine rings is 1. The largest absolute Gasteiger partial charge is 0.363 e. The number of carbonyl (C=O) groups is 1. The van der Waals surface area contributed by atoms with E-state index >= 15 is 0 Å². The second-order valence-corrected chi connectivity index (χ2v) is 6.08. The van der Waals surface area contributed by atoms with E-state index in [9.17, 15) is 4.79 Å². The molecular formula is C15H24Cl2N4O. The van der Waals surface area contributed by atoms with Gasteiger partial charge in [0, 0.05) is 38.4 Å². The van der Waals surface area contributed by atoms with Crippen LogP contribution in [0.1, 0.15) is 36.0 Å². The van der Waals surface area contributed by atoms with Gasteiger partial charge in [-0.15, -0.1) is 24.8 Å². The van der Waals surface area contributed by atoms with Crippen LogP contribution >= 0.6 is 24.8 Å². The number of hydrogen-bond acceptors (Lipinski definition) is 4. The summed E-state index contributed by atoms with van der Waals surface area (Å²) < 4.78 is 0. The molecule has 1 amide bonds. The van der Waals surface area contributed by atoms with Crippen molar-refractivity contribution in [2.75, 3.05) is 19.0 Å². The van der Waals surface area contributed by atoms with Gasteiger partial charge in [-0.25, -0.2) is 4.98 Å². The van der Waals surface area contributed by atoms with Crippen molar-refractivity contribution in [3.05, 3.63) is 23.9 Å². The fourth-order valence-corrected chi connectivity index (χ4v) is 3.23. The van der Waals surface area contributed by atoms with Crippen molar-refractivity contribution < 1.29 is 4.79 Å². The maximum atomic E-state index is 12.2. The van der Waals surface area contributed by atoms with Crippen molar-refractivity contribution in [3.8, 4) is 0 Å². The summed E-state index contributed by atoms with van der Waals surface area (Å²) >= 11 is 0. The number of halogens is 2. The molecule has 2 unspecified atom stereocenters. The van der Waals surface area contributed by atoms with Crippen LogP contribution in [-0.4, -0.2) is 43.1 Å². The van der Waals surface area contributed by atoms with Gasteiger partial charge in [-0.3, -0.25) is 4.79 Å². The molecular weight excluding hydrogens is 323 g/mol. The molecule has 0 saturated carbocycles. The van der Waals surface area contributed by atoms with Crippen LogP contribution in [0.4, 0.5) is 5.82 Å². The number of hydrogen-bond donors (Lipinski definition) is 2. The number of rotatable bonds is 3. The van der Waals surface area contributed by atoms with Crippen molar-refractivity contribution in [3.63, 3.8) is 0 Å². The van der Waals surface area contributed by atoms with Gasteiger partial charge < -0.3 is 15.5 Å². The molecule has 2 aliphatic rings. The predicted octanol–water partition coefficient (Wildman–Crippen LogP) is 2.00. The molecule has 2 atom stereocenters. The first kappa shape index (κ1) is 19.0. The zero-order chi connectivity index (χ0) is 14.1. The van der Waals surface area contributed by atoms with E-state index in [0.29, 0.717) is 23.7 Å². The standard InChI is InChI=1S/C15H22N4O.2ClH/c1-19(2)14-6-3-10(9-16-14)15(20)18-13-7-11-4-5-12(8-13)17-11;;/h3,6,9,11-13,17H,4-5,7-8H2,1-2H3,(H,18,20);2*1H. The second kappa shape index (κ2) is 7.99. The quantitative estimate of drug-likeness (QED) is 0.878. The lowest BCUT2D eigenvalue weighted by molar-refractivity contribution is 0.0923. The highest BCUT2D eigenvalue weighted by molar-refractivity contribution is 5.94. The van der Waals surface area contributed by atoms with Crippen LogP contribution in [0.25, 0.3) is 0 Å². The Morgan fingerprint density at radius 3 is 2.36 bits per heavy atom. The lowest BCUT2D eigenvalue weighted by Gasteiger charge is -2.29. The van der Waals surface area contributed by atoms with E-state index in [2.05, 4.69) is 15.6 Å². The summed E-state index contributed by atoms with van der Waals surface area (Å²) in [6.45, 7) is 0. The van der Waals surface area contributed by atoms with Gasteiger partial charge in [0.05, 0.1) is 5.56 Å². The van der Waals surface area contributed by atoms with E-state index < -0.39 is 0 Å². The summed E-state index contributed by atoms with van der Waals surface area (Å²) in [6.07, 6.45) is 6.24. The van der Waals surface area contributed by atoms with Crippen molar-refractivity contribution >= 4 is 36.5 Å². The van der Waals surface area contributed by atoms with Gasteiger partial charge in [0.1, 0.15) is 5.82 Å². The molecule has 7 heteroatoms. The molecule has 0 radical (unpaired) electrons. The first-order valence-corrected chi connectivity index (χ1v) is 7.32. The van der Waals surface area contributed by atoms with E-state index in [-0.39, 0.29) is 30.7 Å². The van der Waals surface area contributed by atoms with E-state index in [1.54, 1.807) is 6.20 Å². The van der Waals surface area contributed by atoms with Gasteiger partial charge in [-0.05, 0) is 37.8 Å². The third-order valence-corrected chi connectivity index (χ3v) is 4.28. The predicted molar refractivity (Wildman–Crippen MR) is 93.5 cm³/mol. The third-order valence-electron chi connectivity index (χ3n) is 4.28. The summed E-state index contributed by atoms with van der Waals surface area (Å²) in [5.74, 6) is 0.857. The summed E-state index contributed by atoms with van der Waals surface area (Å²) in [5.41, 5.74) is 0.640. The summed E-state index contributed by atoms with van der Waals surface area (Å²) in [6, 6.07) is 5.20. The number of nitrogens with one attached hydrogen (secondary N) is 2. The average Bonchev–Trinajstić information content (AvgIpc) is 2.78. The van der Waals surface area contributed by atoms with Crippen LogP contribution in [0.3, 0.4) is 0 Å². The SMILES string of the molecule is CN(C)c1ccc(C(=O)NC2CC3CCC(C2)N3)cn1.Cl.Cl. The smallest absolute Gasteiger partial charge is 0.253 e. The molecule has 2 fully saturated rings. The molecule has 0 spiro atoms. The zero-order valence-corrected chi connectivity index (χ0v) is 14.5. The number of piperidine rings is 1. The number of amides is 1. The molecule has 5 nitrogen and oxygen atoms in total. The molecule has 2 saturated heterocycles. The van der Waals surface area contributed by atoms with E-state index in [1.165, 1.54) is 12.8 Å². The molecule has 124 valence electrons. The molecule has 3 rings (SSSR count). The van der Waals surface area contributed by atoms with Crippen LogP contribution < -0.4 is 15.5 Å². The maximum absolute atomic E-state index is 12.2. The lowest BCUT2D eigenvalue weighted by Crippen LogP contribution is -2.48. The summed E-state index contributed by atoms with van der Waals surface area (Å²) in [4.78, 5) is 18.5. The molecule has 0 aromatic carbocycles. The van der Waals surface area contributed by atoms with E-state index in [0.717, 1.165) is 18.7 Å². The monoisotopic (exact) mass is 346 g/mol. The minimum atomic E-state index is -0.00546. The highest BCUT2D eigenvalue weighted by Gasteiger charge is 2.34. The molecule has 2 bridgehead atoms. The minimum Gasteiger partial charge on any atom is -0.363 e. The van der Waals surface area contributed by atoms with Crippen molar-refractivity contribution in [2.45, 2.75) is 43.8 Å². The Labute approximate surface area is 144 Å². The first-order valence-electron chi connectivity index (χ1n) is 7.32. The summed E-state index contributed by atoms with van der Waals surface area (Å²) in [5, 5.41) is 6.74. The zero-order valence-electron chi connectivity index (χ0n) is 12.9. The highest BCUT2D eigenvalue weighted by Crippen LogP contribution is 2.26. The molecule has 3 heterocycles. The number of fused-ring (bicyclic) bond motifs is 2. The van der Waals surface area contributed by atoms with Crippen LogP contribution in [-0.2, 0) is 0 Å².